The number of ether oxygens (including phenoxy) is 1. The summed E-state index contributed by atoms with van der Waals surface area (Å²) in [6, 6.07) is 7.58. The Bertz CT molecular complexity index is 915. The number of amides is 1. The molecular formula is C18H22N2O5S. The summed E-state index contributed by atoms with van der Waals surface area (Å²) in [4.78, 5) is 12.5. The first-order chi connectivity index (χ1) is 12.3. The number of methoxy groups -OCH3 is 1. The number of furan rings is 1. The number of benzene rings is 1. The Morgan fingerprint density at radius 2 is 2.00 bits per heavy atom. The minimum atomic E-state index is -3.75. The van der Waals surface area contributed by atoms with Crippen molar-refractivity contribution < 1.29 is 22.4 Å². The highest BCUT2D eigenvalue weighted by molar-refractivity contribution is 7.89. The first-order valence-corrected chi connectivity index (χ1v) is 9.86. The van der Waals surface area contributed by atoms with Gasteiger partial charge in [-0.3, -0.25) is 4.79 Å². The third kappa shape index (κ3) is 4.08. The van der Waals surface area contributed by atoms with Gasteiger partial charge in [-0.25, -0.2) is 13.1 Å². The summed E-state index contributed by atoms with van der Waals surface area (Å²) in [5.74, 6) is 1.19. The summed E-state index contributed by atoms with van der Waals surface area (Å²) in [5, 5.41) is 2.81. The summed E-state index contributed by atoms with van der Waals surface area (Å²) in [6.07, 6.45) is 1.64. The lowest BCUT2D eigenvalue weighted by Gasteiger charge is -2.14. The van der Waals surface area contributed by atoms with Gasteiger partial charge in [-0.1, -0.05) is 0 Å². The Labute approximate surface area is 152 Å². The number of rotatable bonds is 7. The zero-order valence-electron chi connectivity index (χ0n) is 14.9. The molecule has 1 saturated carbocycles. The second-order valence-electron chi connectivity index (χ2n) is 6.40. The molecule has 7 nitrogen and oxygen atoms in total. The minimum Gasteiger partial charge on any atom is -0.495 e. The maximum Gasteiger partial charge on any atom is 0.251 e. The van der Waals surface area contributed by atoms with Crippen LogP contribution < -0.4 is 14.8 Å². The average Bonchev–Trinajstić information content (AvgIpc) is 3.29. The maximum atomic E-state index is 12.5. The van der Waals surface area contributed by atoms with Crippen molar-refractivity contribution in [2.75, 3.05) is 7.11 Å². The van der Waals surface area contributed by atoms with Gasteiger partial charge in [0.15, 0.2) is 0 Å². The van der Waals surface area contributed by atoms with Crippen LogP contribution >= 0.6 is 0 Å². The lowest BCUT2D eigenvalue weighted by Crippen LogP contribution is -2.28. The Kier molecular flexibility index (Phi) is 5.06. The van der Waals surface area contributed by atoms with Crippen LogP contribution in [0.1, 0.15) is 47.7 Å². The van der Waals surface area contributed by atoms with Crippen LogP contribution in [0.4, 0.5) is 0 Å². The fraction of sp³-hybridized carbons (Fsp3) is 0.389. The van der Waals surface area contributed by atoms with Crippen molar-refractivity contribution in [3.8, 4) is 5.75 Å². The Morgan fingerprint density at radius 3 is 2.58 bits per heavy atom. The second kappa shape index (κ2) is 7.13. The van der Waals surface area contributed by atoms with E-state index in [1.165, 1.54) is 25.3 Å². The SMILES string of the molecule is COc1ccc(C(=O)NC(C)c2ccc(C)o2)cc1S(=O)(=O)NC1CC1. The molecule has 0 radical (unpaired) electrons. The molecule has 1 fully saturated rings. The molecule has 0 bridgehead atoms. The van der Waals surface area contributed by atoms with Gasteiger partial charge in [-0.05, 0) is 57.0 Å². The van der Waals surface area contributed by atoms with Gasteiger partial charge < -0.3 is 14.5 Å². The number of hydrogen-bond donors (Lipinski definition) is 2. The molecule has 140 valence electrons. The van der Waals surface area contributed by atoms with Gasteiger partial charge in [0.2, 0.25) is 10.0 Å². The van der Waals surface area contributed by atoms with E-state index in [1.54, 1.807) is 13.0 Å². The van der Waals surface area contributed by atoms with Gasteiger partial charge in [0, 0.05) is 11.6 Å². The summed E-state index contributed by atoms with van der Waals surface area (Å²) < 4.78 is 38.4. The smallest absolute Gasteiger partial charge is 0.251 e. The molecule has 0 saturated heterocycles. The second-order valence-corrected chi connectivity index (χ2v) is 8.09. The number of carbonyl (C=O) groups excluding carboxylic acids is 1. The van der Waals surface area contributed by atoms with Gasteiger partial charge >= 0.3 is 0 Å². The van der Waals surface area contributed by atoms with Crippen molar-refractivity contribution in [1.29, 1.82) is 0 Å². The Hall–Kier alpha value is -2.32. The molecule has 8 heteroatoms. The first kappa shape index (κ1) is 18.5. The topological polar surface area (TPSA) is 97.6 Å². The quantitative estimate of drug-likeness (QED) is 0.772. The normalized spacial score (nSPS) is 15.5. The summed E-state index contributed by atoms with van der Waals surface area (Å²) in [5.41, 5.74) is 0.233. The molecule has 1 aliphatic rings. The lowest BCUT2D eigenvalue weighted by molar-refractivity contribution is 0.0935. The van der Waals surface area contributed by atoms with Gasteiger partial charge in [0.1, 0.15) is 22.2 Å². The third-order valence-electron chi connectivity index (χ3n) is 4.15. The molecule has 1 aliphatic carbocycles. The van der Waals surface area contributed by atoms with E-state index in [2.05, 4.69) is 10.0 Å². The van der Waals surface area contributed by atoms with Crippen LogP contribution in [0, 0.1) is 6.92 Å². The van der Waals surface area contributed by atoms with Crippen LogP contribution in [0.25, 0.3) is 0 Å². The fourth-order valence-corrected chi connectivity index (χ4v) is 4.05. The van der Waals surface area contributed by atoms with Crippen LogP contribution in [-0.2, 0) is 10.0 Å². The number of carbonyl (C=O) groups is 1. The minimum absolute atomic E-state index is 0.0376. The average molecular weight is 378 g/mol. The molecule has 1 atom stereocenters. The van der Waals surface area contributed by atoms with E-state index in [-0.39, 0.29) is 28.3 Å². The first-order valence-electron chi connectivity index (χ1n) is 8.37. The molecule has 0 aliphatic heterocycles. The van der Waals surface area contributed by atoms with Crippen molar-refractivity contribution in [3.05, 3.63) is 47.4 Å². The third-order valence-corrected chi connectivity index (χ3v) is 5.69. The molecule has 1 unspecified atom stereocenters. The predicted octanol–water partition coefficient (Wildman–Crippen LogP) is 2.53. The van der Waals surface area contributed by atoms with E-state index in [0.717, 1.165) is 18.6 Å². The van der Waals surface area contributed by atoms with Crippen LogP contribution in [0.3, 0.4) is 0 Å². The van der Waals surface area contributed by atoms with Crippen molar-refractivity contribution in [1.82, 2.24) is 10.0 Å². The highest BCUT2D eigenvalue weighted by Crippen LogP contribution is 2.28. The number of nitrogens with one attached hydrogen (secondary N) is 2. The van der Waals surface area contributed by atoms with E-state index >= 15 is 0 Å². The van der Waals surface area contributed by atoms with Crippen LogP contribution in [0.5, 0.6) is 5.75 Å². The molecule has 1 aromatic carbocycles. The van der Waals surface area contributed by atoms with Crippen molar-refractivity contribution in [2.24, 2.45) is 0 Å². The van der Waals surface area contributed by atoms with Gasteiger partial charge in [0.05, 0.1) is 13.2 Å². The van der Waals surface area contributed by atoms with Crippen LogP contribution in [-0.4, -0.2) is 27.5 Å². The zero-order chi connectivity index (χ0) is 18.9. The number of aryl methyl sites for hydroxylation is 1. The van der Waals surface area contributed by atoms with Crippen molar-refractivity contribution in [3.63, 3.8) is 0 Å². The molecule has 1 amide bonds. The summed E-state index contributed by atoms with van der Waals surface area (Å²) in [6.45, 7) is 3.62. The highest BCUT2D eigenvalue weighted by Gasteiger charge is 2.30. The van der Waals surface area contributed by atoms with Crippen molar-refractivity contribution >= 4 is 15.9 Å². The standard InChI is InChI=1S/C18H22N2O5S/c1-11-4-8-15(25-11)12(2)19-18(21)13-5-9-16(24-3)17(10-13)26(22,23)20-14-6-7-14/h4-5,8-10,12,14,20H,6-7H2,1-3H3,(H,19,21). The predicted molar refractivity (Wildman–Crippen MR) is 95.7 cm³/mol. The monoisotopic (exact) mass is 378 g/mol. The Balaban J connectivity index is 1.83. The Morgan fingerprint density at radius 1 is 1.27 bits per heavy atom. The van der Waals surface area contributed by atoms with Gasteiger partial charge in [-0.15, -0.1) is 0 Å². The number of hydrogen-bond acceptors (Lipinski definition) is 5. The van der Waals surface area contributed by atoms with E-state index < -0.39 is 15.9 Å². The fourth-order valence-electron chi connectivity index (χ4n) is 2.55. The molecular weight excluding hydrogens is 356 g/mol. The molecule has 2 aromatic rings. The van der Waals surface area contributed by atoms with E-state index in [1.807, 2.05) is 13.0 Å². The van der Waals surface area contributed by atoms with Crippen molar-refractivity contribution in [2.45, 2.75) is 43.7 Å². The molecule has 1 aromatic heterocycles. The summed E-state index contributed by atoms with van der Waals surface area (Å²) >= 11 is 0. The maximum absolute atomic E-state index is 12.5. The van der Waals surface area contributed by atoms with Crippen LogP contribution in [0.2, 0.25) is 0 Å². The molecule has 1 heterocycles. The molecule has 26 heavy (non-hydrogen) atoms. The van der Waals surface area contributed by atoms with E-state index in [0.29, 0.717) is 5.76 Å². The number of sulfonamides is 1. The lowest BCUT2D eigenvalue weighted by atomic mass is 10.1. The zero-order valence-corrected chi connectivity index (χ0v) is 15.7. The summed E-state index contributed by atoms with van der Waals surface area (Å²) in [7, 11) is -2.35. The largest absolute Gasteiger partial charge is 0.495 e. The molecule has 2 N–H and O–H groups in total. The van der Waals surface area contributed by atoms with Gasteiger partial charge in [-0.2, -0.15) is 0 Å². The molecule has 0 spiro atoms. The van der Waals surface area contributed by atoms with E-state index in [4.69, 9.17) is 9.15 Å². The highest BCUT2D eigenvalue weighted by atomic mass is 32.2. The van der Waals surface area contributed by atoms with E-state index in [9.17, 15) is 13.2 Å². The molecule has 3 rings (SSSR count). The van der Waals surface area contributed by atoms with Crippen LogP contribution in [0.15, 0.2) is 39.6 Å². The van der Waals surface area contributed by atoms with Gasteiger partial charge in [0.25, 0.3) is 5.91 Å².